The number of nitrogens with zero attached hydrogens (tertiary/aromatic N) is 3. The molecule has 0 bridgehead atoms. The Morgan fingerprint density at radius 1 is 1.28 bits per heavy atom. The molecule has 1 saturated heterocycles. The molecule has 0 saturated carbocycles. The fourth-order valence-electron chi connectivity index (χ4n) is 4.12. The van der Waals surface area contributed by atoms with Gasteiger partial charge in [-0.3, -0.25) is 9.36 Å². The topological polar surface area (TPSA) is 98.5 Å². The van der Waals surface area contributed by atoms with Gasteiger partial charge < -0.3 is 19.6 Å². The van der Waals surface area contributed by atoms with E-state index in [9.17, 15) is 9.90 Å². The largest absolute Gasteiger partial charge is 0.408 e. The van der Waals surface area contributed by atoms with Crippen LogP contribution in [0, 0.1) is 5.82 Å². The van der Waals surface area contributed by atoms with Gasteiger partial charge in [0.05, 0.1) is 12.0 Å². The minimum atomic E-state index is -2.44. The van der Waals surface area contributed by atoms with Crippen LogP contribution in [0.3, 0.4) is 0 Å². The number of hydrogen-bond donors (Lipinski definition) is 2. The van der Waals surface area contributed by atoms with E-state index in [1.807, 2.05) is 33.9 Å². The quantitative estimate of drug-likeness (QED) is 0.454. The van der Waals surface area contributed by atoms with Crippen molar-refractivity contribution < 1.29 is 27.8 Å². The molecule has 8 nitrogen and oxygen atoms in total. The molecule has 1 aliphatic rings. The number of aromatic nitrogens is 3. The zero-order chi connectivity index (χ0) is 26.5. The van der Waals surface area contributed by atoms with Gasteiger partial charge in [-0.05, 0) is 37.2 Å². The Morgan fingerprint density at radius 3 is 2.56 bits per heavy atom. The first-order valence-corrected chi connectivity index (χ1v) is 14.7. The summed E-state index contributed by atoms with van der Waals surface area (Å²) < 4.78 is 45.2. The van der Waals surface area contributed by atoms with Crippen LogP contribution in [-0.4, -0.2) is 58.3 Å². The van der Waals surface area contributed by atoms with Crippen LogP contribution in [-0.2, 0) is 9.16 Å². The number of aliphatic hydroxyl groups is 1. The molecule has 1 aliphatic heterocycles. The van der Waals surface area contributed by atoms with E-state index in [-0.39, 0.29) is 21.9 Å². The first-order chi connectivity index (χ1) is 16.8. The molecule has 2 aromatic heterocycles. The molecule has 2 N–H and O–H groups in total. The number of ether oxygens (including phenoxy) is 1. The Kier molecular flexibility index (Phi) is 6.80. The molecule has 1 amide bonds. The standard InChI is InChI=1S/C25H32F2N4O4Si/c1-24(2,3)36(5,6)35-19-17(13-32)34-23(25(19,4)27)31-12-16(26)18-20(28-14-29-21(18)31)30-22(33)15-10-8-7-9-11-15/h7-12,14,17,19,23,32H,13H2,1-6H3,(H,28,29,30,33)/t17-,19-,23?,25-/m1/s1. The van der Waals surface area contributed by atoms with Crippen LogP contribution in [0.5, 0.6) is 0 Å². The summed E-state index contributed by atoms with van der Waals surface area (Å²) in [4.78, 5) is 20.9. The molecule has 4 atom stereocenters. The van der Waals surface area contributed by atoms with Crippen molar-refractivity contribution in [3.05, 3.63) is 54.2 Å². The summed E-state index contributed by atoms with van der Waals surface area (Å²) in [5, 5.41) is 12.3. The second-order valence-electron chi connectivity index (χ2n) is 10.8. The minimum Gasteiger partial charge on any atom is -0.408 e. The summed E-state index contributed by atoms with van der Waals surface area (Å²) in [6, 6.07) is 8.43. The number of carbonyl (C=O) groups excluding carboxylic acids is 1. The SMILES string of the molecule is CC(C)(C)[Si](C)(C)O[C@@H]1[C@@H](CO)OC(n2cc(F)c3c(NC(=O)c4ccccc4)ncnc32)[C@]1(C)F. The predicted octanol–water partition coefficient (Wildman–Crippen LogP) is 4.83. The van der Waals surface area contributed by atoms with Crippen molar-refractivity contribution in [3.8, 4) is 0 Å². The number of benzene rings is 1. The number of halogens is 2. The molecule has 1 aromatic carbocycles. The average Bonchev–Trinajstić information content (AvgIpc) is 3.27. The minimum absolute atomic E-state index is 0.0450. The number of aliphatic hydroxyl groups excluding tert-OH is 1. The number of amides is 1. The van der Waals surface area contributed by atoms with Crippen molar-refractivity contribution in [2.24, 2.45) is 0 Å². The molecule has 1 fully saturated rings. The zero-order valence-electron chi connectivity index (χ0n) is 21.3. The van der Waals surface area contributed by atoms with Gasteiger partial charge in [0.2, 0.25) is 0 Å². The van der Waals surface area contributed by atoms with Gasteiger partial charge in [-0.25, -0.2) is 18.7 Å². The molecule has 0 spiro atoms. The number of rotatable bonds is 6. The molecule has 36 heavy (non-hydrogen) atoms. The summed E-state index contributed by atoms with van der Waals surface area (Å²) in [5.41, 5.74) is -1.71. The number of carbonyl (C=O) groups is 1. The molecular formula is C25H32F2N4O4Si. The summed E-state index contributed by atoms with van der Waals surface area (Å²) in [6.45, 7) is 10.9. The molecule has 0 radical (unpaired) electrons. The maximum atomic E-state index is 16.5. The Balaban J connectivity index is 1.71. The monoisotopic (exact) mass is 518 g/mol. The highest BCUT2D eigenvalue weighted by Crippen LogP contribution is 2.48. The van der Waals surface area contributed by atoms with Crippen LogP contribution in [0.25, 0.3) is 11.0 Å². The maximum absolute atomic E-state index is 16.5. The van der Waals surface area contributed by atoms with Crippen LogP contribution in [0.4, 0.5) is 14.6 Å². The van der Waals surface area contributed by atoms with Gasteiger partial charge in [0.1, 0.15) is 24.4 Å². The second-order valence-corrected chi connectivity index (χ2v) is 15.5. The fraction of sp³-hybridized carbons (Fsp3) is 0.480. The first-order valence-electron chi connectivity index (χ1n) is 11.8. The highest BCUT2D eigenvalue weighted by molar-refractivity contribution is 6.74. The Hall–Kier alpha value is -2.73. The summed E-state index contributed by atoms with van der Waals surface area (Å²) in [7, 11) is -2.44. The Bertz CT molecular complexity index is 1260. The zero-order valence-corrected chi connectivity index (χ0v) is 22.3. The van der Waals surface area contributed by atoms with Gasteiger partial charge in [0, 0.05) is 11.8 Å². The molecule has 1 unspecified atom stereocenters. The molecule has 3 heterocycles. The Morgan fingerprint density at radius 2 is 1.94 bits per heavy atom. The molecular weight excluding hydrogens is 486 g/mol. The van der Waals surface area contributed by atoms with Crippen LogP contribution >= 0.6 is 0 Å². The highest BCUT2D eigenvalue weighted by atomic mass is 28.4. The summed E-state index contributed by atoms with van der Waals surface area (Å²) >= 11 is 0. The van der Waals surface area contributed by atoms with E-state index in [1.54, 1.807) is 30.3 Å². The highest BCUT2D eigenvalue weighted by Gasteiger charge is 2.58. The lowest BCUT2D eigenvalue weighted by Gasteiger charge is -2.41. The lowest BCUT2D eigenvalue weighted by atomic mass is 9.98. The lowest BCUT2D eigenvalue weighted by molar-refractivity contribution is -0.0565. The van der Waals surface area contributed by atoms with Gasteiger partial charge in [-0.15, -0.1) is 0 Å². The number of fused-ring (bicyclic) bond motifs is 1. The number of anilines is 1. The van der Waals surface area contributed by atoms with Gasteiger partial charge in [-0.1, -0.05) is 39.0 Å². The summed E-state index contributed by atoms with van der Waals surface area (Å²) in [6.07, 6.45) is -1.13. The molecule has 194 valence electrons. The number of hydrogen-bond acceptors (Lipinski definition) is 6. The van der Waals surface area contributed by atoms with E-state index in [1.165, 1.54) is 11.5 Å². The maximum Gasteiger partial charge on any atom is 0.256 e. The normalized spacial score (nSPS) is 24.9. The third kappa shape index (κ3) is 4.56. The van der Waals surface area contributed by atoms with Crippen LogP contribution < -0.4 is 5.32 Å². The van der Waals surface area contributed by atoms with Crippen LogP contribution in [0.2, 0.25) is 18.1 Å². The van der Waals surface area contributed by atoms with Crippen molar-refractivity contribution in [2.45, 2.75) is 69.9 Å². The fourth-order valence-corrected chi connectivity index (χ4v) is 5.49. The third-order valence-corrected chi connectivity index (χ3v) is 11.6. The smallest absolute Gasteiger partial charge is 0.256 e. The van der Waals surface area contributed by atoms with Gasteiger partial charge in [-0.2, -0.15) is 0 Å². The lowest BCUT2D eigenvalue weighted by Crippen LogP contribution is -2.52. The van der Waals surface area contributed by atoms with Crippen molar-refractivity contribution >= 4 is 31.1 Å². The van der Waals surface area contributed by atoms with Crippen LogP contribution in [0.1, 0.15) is 44.3 Å². The molecule has 3 aromatic rings. The van der Waals surface area contributed by atoms with Gasteiger partial charge in [0.15, 0.2) is 31.7 Å². The molecule has 0 aliphatic carbocycles. The van der Waals surface area contributed by atoms with Crippen molar-refractivity contribution in [2.75, 3.05) is 11.9 Å². The van der Waals surface area contributed by atoms with E-state index < -0.39 is 50.8 Å². The Labute approximate surface area is 209 Å². The first kappa shape index (κ1) is 26.3. The van der Waals surface area contributed by atoms with E-state index in [0.29, 0.717) is 5.56 Å². The molecule has 4 rings (SSSR count). The van der Waals surface area contributed by atoms with Crippen LogP contribution in [0.15, 0.2) is 42.9 Å². The second kappa shape index (κ2) is 9.29. The summed E-state index contributed by atoms with van der Waals surface area (Å²) in [5.74, 6) is -1.27. The molecule has 11 heteroatoms. The van der Waals surface area contributed by atoms with E-state index in [4.69, 9.17) is 9.16 Å². The van der Waals surface area contributed by atoms with Gasteiger partial charge in [0.25, 0.3) is 5.91 Å². The average molecular weight is 519 g/mol. The predicted molar refractivity (Wildman–Crippen MR) is 134 cm³/mol. The van der Waals surface area contributed by atoms with E-state index in [0.717, 1.165) is 12.5 Å². The number of alkyl halides is 1. The van der Waals surface area contributed by atoms with Crippen molar-refractivity contribution in [1.29, 1.82) is 0 Å². The van der Waals surface area contributed by atoms with Crippen molar-refractivity contribution in [3.63, 3.8) is 0 Å². The van der Waals surface area contributed by atoms with E-state index in [2.05, 4.69) is 15.3 Å². The van der Waals surface area contributed by atoms with Crippen molar-refractivity contribution in [1.82, 2.24) is 14.5 Å². The number of nitrogens with one attached hydrogen (secondary N) is 1. The third-order valence-electron chi connectivity index (χ3n) is 7.17. The van der Waals surface area contributed by atoms with E-state index >= 15 is 8.78 Å². The van der Waals surface area contributed by atoms with Gasteiger partial charge >= 0.3 is 0 Å².